The summed E-state index contributed by atoms with van der Waals surface area (Å²) in [5.41, 5.74) is 1.19. The molecule has 0 spiro atoms. The fourth-order valence-electron chi connectivity index (χ4n) is 5.78. The maximum absolute atomic E-state index is 13.8. The summed E-state index contributed by atoms with van der Waals surface area (Å²) < 4.78 is 13.8. The smallest absolute Gasteiger partial charge is 0.272 e. The van der Waals surface area contributed by atoms with E-state index in [0.29, 0.717) is 31.6 Å². The molecule has 0 unspecified atom stereocenters. The lowest BCUT2D eigenvalue weighted by atomic mass is 9.70. The minimum atomic E-state index is -0.272. The summed E-state index contributed by atoms with van der Waals surface area (Å²) in [5, 5.41) is 9.48. The summed E-state index contributed by atoms with van der Waals surface area (Å²) in [5.74, 6) is 0.182. The summed E-state index contributed by atoms with van der Waals surface area (Å²) in [6.07, 6.45) is 5.24. The predicted octanol–water partition coefficient (Wildman–Crippen LogP) is 3.01. The summed E-state index contributed by atoms with van der Waals surface area (Å²) >= 11 is 0. The normalized spacial score (nSPS) is 27.7. The van der Waals surface area contributed by atoms with Gasteiger partial charge in [0.25, 0.3) is 5.91 Å². The van der Waals surface area contributed by atoms with Crippen LogP contribution in [0.15, 0.2) is 42.6 Å². The number of hydrogen-bond donors (Lipinski definition) is 1. The molecule has 1 aromatic carbocycles. The minimum Gasteiger partial charge on any atom is -0.506 e. The summed E-state index contributed by atoms with van der Waals surface area (Å²) in [7, 11) is 0. The number of aromatic nitrogens is 1. The molecule has 3 fully saturated rings. The Balaban J connectivity index is 1.44. The lowest BCUT2D eigenvalue weighted by Crippen LogP contribution is -2.66. The van der Waals surface area contributed by atoms with Gasteiger partial charge in [0, 0.05) is 31.6 Å². The van der Waals surface area contributed by atoms with E-state index in [4.69, 9.17) is 0 Å². The second-order valence-electron chi connectivity index (χ2n) is 9.03. The predicted molar refractivity (Wildman–Crippen MR) is 112 cm³/mol. The number of hydrogen-bond acceptors (Lipinski definition) is 4. The number of rotatable bonds is 3. The highest BCUT2D eigenvalue weighted by Crippen LogP contribution is 2.42. The number of halogens is 1. The molecule has 0 aliphatic carbocycles. The number of likely N-dealkylation sites (tertiary alicyclic amines) is 1. The Bertz CT molecular complexity index is 996. The molecular weight excluding hydrogens is 397 g/mol. The Morgan fingerprint density at radius 2 is 2.03 bits per heavy atom. The van der Waals surface area contributed by atoms with Crippen LogP contribution in [-0.4, -0.2) is 56.9 Å². The van der Waals surface area contributed by atoms with Crippen LogP contribution in [0, 0.1) is 17.7 Å². The van der Waals surface area contributed by atoms with E-state index >= 15 is 0 Å². The highest BCUT2D eigenvalue weighted by molar-refractivity contribution is 5.92. The van der Waals surface area contributed by atoms with Gasteiger partial charge < -0.3 is 14.9 Å². The second kappa shape index (κ2) is 7.94. The summed E-state index contributed by atoms with van der Waals surface area (Å²) in [6.45, 7) is 1.16. The first-order valence-electron chi connectivity index (χ1n) is 11.0. The standard InChI is InChI=1S/C24H26FN3O3/c25-18-4-1-3-15(9-18)10-22-17-11-16(21-5-2-6-23(30)28(21)22)13-27(14-17)24(31)20-8-7-19(29)12-26-20/h1,3-4,7-9,12,16-17,21-22,29H,2,5-6,10-11,13-14H2/t16-,17+,21+,22+/m1/s1. The van der Waals surface area contributed by atoms with Crippen LogP contribution in [0.1, 0.15) is 41.7 Å². The summed E-state index contributed by atoms with van der Waals surface area (Å²) in [4.78, 5) is 34.1. The Morgan fingerprint density at radius 1 is 1.19 bits per heavy atom. The molecule has 2 aromatic rings. The molecule has 7 heteroatoms. The lowest BCUT2D eigenvalue weighted by molar-refractivity contribution is -0.151. The fourth-order valence-corrected chi connectivity index (χ4v) is 5.78. The van der Waals surface area contributed by atoms with Gasteiger partial charge in [-0.25, -0.2) is 9.37 Å². The average Bonchev–Trinajstić information content (AvgIpc) is 2.77. The van der Waals surface area contributed by atoms with Crippen LogP contribution in [-0.2, 0) is 11.2 Å². The van der Waals surface area contributed by atoms with Crippen molar-refractivity contribution in [2.45, 2.75) is 44.2 Å². The number of benzene rings is 1. The van der Waals surface area contributed by atoms with Gasteiger partial charge in [-0.3, -0.25) is 9.59 Å². The van der Waals surface area contributed by atoms with Crippen molar-refractivity contribution in [3.05, 3.63) is 59.7 Å². The quantitative estimate of drug-likeness (QED) is 0.824. The van der Waals surface area contributed by atoms with Crippen LogP contribution in [0.25, 0.3) is 0 Å². The number of pyridine rings is 1. The molecule has 6 nitrogen and oxygen atoms in total. The van der Waals surface area contributed by atoms with Crippen molar-refractivity contribution < 1.29 is 19.1 Å². The van der Waals surface area contributed by atoms with E-state index < -0.39 is 0 Å². The van der Waals surface area contributed by atoms with Crippen molar-refractivity contribution in [1.82, 2.24) is 14.8 Å². The molecule has 0 radical (unpaired) electrons. The largest absolute Gasteiger partial charge is 0.506 e. The molecular formula is C24H26FN3O3. The second-order valence-corrected chi connectivity index (χ2v) is 9.03. The van der Waals surface area contributed by atoms with Gasteiger partial charge >= 0.3 is 0 Å². The van der Waals surface area contributed by atoms with Gasteiger partial charge in [-0.05, 0) is 67.3 Å². The van der Waals surface area contributed by atoms with E-state index in [1.54, 1.807) is 18.2 Å². The zero-order valence-corrected chi connectivity index (χ0v) is 17.3. The highest BCUT2D eigenvalue weighted by Gasteiger charge is 2.50. The first-order valence-corrected chi connectivity index (χ1v) is 11.0. The first kappa shape index (κ1) is 20.0. The van der Waals surface area contributed by atoms with Crippen molar-refractivity contribution in [2.75, 3.05) is 13.1 Å². The van der Waals surface area contributed by atoms with Crippen molar-refractivity contribution >= 4 is 11.8 Å². The van der Waals surface area contributed by atoms with E-state index in [2.05, 4.69) is 9.88 Å². The van der Waals surface area contributed by atoms with E-state index in [1.165, 1.54) is 18.3 Å². The molecule has 2 amide bonds. The molecule has 2 bridgehead atoms. The zero-order valence-electron chi connectivity index (χ0n) is 17.3. The zero-order chi connectivity index (χ0) is 21.5. The van der Waals surface area contributed by atoms with Gasteiger partial charge in [0.1, 0.15) is 17.3 Å². The van der Waals surface area contributed by atoms with Crippen molar-refractivity contribution in [2.24, 2.45) is 11.8 Å². The SMILES string of the molecule is O=C(c1ccc(O)cn1)N1C[C@H]2C[C@@H](C1)[C@H](Cc1cccc(F)c1)N1C(=O)CCC[C@@H]21. The van der Waals surface area contributed by atoms with Crippen LogP contribution in [0.3, 0.4) is 0 Å². The van der Waals surface area contributed by atoms with E-state index in [-0.39, 0.29) is 47.3 Å². The van der Waals surface area contributed by atoms with Crippen molar-refractivity contribution in [3.8, 4) is 5.75 Å². The molecule has 1 N–H and O–H groups in total. The number of carbonyl (C=O) groups excluding carboxylic acids is 2. The van der Waals surface area contributed by atoms with Gasteiger partial charge in [-0.2, -0.15) is 0 Å². The van der Waals surface area contributed by atoms with Gasteiger partial charge in [0.2, 0.25) is 5.91 Å². The number of nitrogens with zero attached hydrogens (tertiary/aromatic N) is 3. The Morgan fingerprint density at radius 3 is 2.81 bits per heavy atom. The van der Waals surface area contributed by atoms with E-state index in [0.717, 1.165) is 24.8 Å². The van der Waals surface area contributed by atoms with E-state index in [9.17, 15) is 19.1 Å². The molecule has 162 valence electrons. The van der Waals surface area contributed by atoms with Gasteiger partial charge in [-0.15, -0.1) is 0 Å². The molecule has 0 saturated carbocycles. The van der Waals surface area contributed by atoms with Crippen LogP contribution in [0.2, 0.25) is 0 Å². The van der Waals surface area contributed by atoms with Crippen LogP contribution in [0.4, 0.5) is 4.39 Å². The molecule has 3 aliphatic rings. The van der Waals surface area contributed by atoms with Gasteiger partial charge in [-0.1, -0.05) is 12.1 Å². The maximum atomic E-state index is 13.8. The Hall–Kier alpha value is -2.96. The molecule has 3 saturated heterocycles. The Labute approximate surface area is 180 Å². The average molecular weight is 423 g/mol. The monoisotopic (exact) mass is 423 g/mol. The van der Waals surface area contributed by atoms with Crippen LogP contribution in [0.5, 0.6) is 5.75 Å². The number of piperidine rings is 3. The molecule has 4 atom stereocenters. The molecule has 31 heavy (non-hydrogen) atoms. The molecule has 1 aromatic heterocycles. The number of fused-ring (bicyclic) bond motifs is 4. The fraction of sp³-hybridized carbons (Fsp3) is 0.458. The third-order valence-corrected chi connectivity index (χ3v) is 7.08. The van der Waals surface area contributed by atoms with Crippen LogP contribution >= 0.6 is 0 Å². The van der Waals surface area contributed by atoms with E-state index in [1.807, 2.05) is 11.0 Å². The first-order chi connectivity index (χ1) is 15.0. The number of aromatic hydroxyl groups is 1. The molecule has 5 rings (SSSR count). The maximum Gasteiger partial charge on any atom is 0.272 e. The van der Waals surface area contributed by atoms with Crippen molar-refractivity contribution in [3.63, 3.8) is 0 Å². The minimum absolute atomic E-state index is 0.0265. The third-order valence-electron chi connectivity index (χ3n) is 7.08. The lowest BCUT2D eigenvalue weighted by Gasteiger charge is -2.56. The number of carbonyl (C=O) groups is 2. The Kier molecular flexibility index (Phi) is 5.12. The number of amides is 2. The van der Waals surface area contributed by atoms with Crippen molar-refractivity contribution in [1.29, 1.82) is 0 Å². The highest BCUT2D eigenvalue weighted by atomic mass is 19.1. The van der Waals surface area contributed by atoms with Gasteiger partial charge in [0.05, 0.1) is 6.20 Å². The molecule has 4 heterocycles. The van der Waals surface area contributed by atoms with Gasteiger partial charge in [0.15, 0.2) is 0 Å². The molecule has 3 aliphatic heterocycles. The van der Waals surface area contributed by atoms with Crippen LogP contribution < -0.4 is 0 Å². The third kappa shape index (κ3) is 3.77. The topological polar surface area (TPSA) is 73.7 Å². The summed E-state index contributed by atoms with van der Waals surface area (Å²) in [6, 6.07) is 9.69.